The van der Waals surface area contributed by atoms with E-state index >= 15 is 0 Å². The highest BCUT2D eigenvalue weighted by Gasteiger charge is 2.18. The van der Waals surface area contributed by atoms with Gasteiger partial charge in [0.05, 0.1) is 25.3 Å². The predicted octanol–water partition coefficient (Wildman–Crippen LogP) is 4.53. The van der Waals surface area contributed by atoms with Gasteiger partial charge in [-0.2, -0.15) is 0 Å². The summed E-state index contributed by atoms with van der Waals surface area (Å²) >= 11 is 3.48. The van der Waals surface area contributed by atoms with Crippen molar-refractivity contribution in [2.45, 2.75) is 19.9 Å². The summed E-state index contributed by atoms with van der Waals surface area (Å²) in [5, 5.41) is 0. The van der Waals surface area contributed by atoms with Gasteiger partial charge in [0.25, 0.3) is 5.91 Å². The van der Waals surface area contributed by atoms with Crippen LogP contribution in [0.4, 0.5) is 0 Å². The molecule has 1 amide bonds. The molecular formula is C20H24BrNO4. The summed E-state index contributed by atoms with van der Waals surface area (Å²) in [5.41, 5.74) is 1.56. The van der Waals surface area contributed by atoms with Crippen molar-refractivity contribution in [2.75, 3.05) is 27.9 Å². The zero-order valence-corrected chi connectivity index (χ0v) is 17.1. The van der Waals surface area contributed by atoms with Crippen molar-refractivity contribution >= 4 is 21.8 Å². The molecule has 0 atom stereocenters. The number of nitrogens with zero attached hydrogens (tertiary/aromatic N) is 1. The van der Waals surface area contributed by atoms with Crippen LogP contribution < -0.4 is 14.2 Å². The number of hydrogen-bond acceptors (Lipinski definition) is 4. The third-order valence-electron chi connectivity index (χ3n) is 3.85. The molecule has 0 spiro atoms. The van der Waals surface area contributed by atoms with E-state index in [4.69, 9.17) is 14.2 Å². The largest absolute Gasteiger partial charge is 0.497 e. The van der Waals surface area contributed by atoms with Crippen LogP contribution in [0.1, 0.15) is 29.3 Å². The maximum atomic E-state index is 12.8. The molecule has 2 aromatic rings. The molecule has 0 aliphatic rings. The van der Waals surface area contributed by atoms with Gasteiger partial charge in [0.1, 0.15) is 5.75 Å². The Labute approximate surface area is 163 Å². The van der Waals surface area contributed by atoms with E-state index in [1.165, 1.54) is 0 Å². The molecule has 0 aliphatic heterocycles. The van der Waals surface area contributed by atoms with Gasteiger partial charge in [-0.15, -0.1) is 0 Å². The predicted molar refractivity (Wildman–Crippen MR) is 105 cm³/mol. The van der Waals surface area contributed by atoms with E-state index in [0.717, 1.165) is 17.7 Å². The van der Waals surface area contributed by atoms with Gasteiger partial charge >= 0.3 is 0 Å². The molecule has 0 aliphatic carbocycles. The SMILES string of the molecule is CCCOc1c(Br)cc(C(=O)N(C)Cc2ccc(OC)cc2)cc1OC. The molecule has 0 N–H and O–H groups in total. The maximum Gasteiger partial charge on any atom is 0.254 e. The Kier molecular flexibility index (Phi) is 7.33. The van der Waals surface area contributed by atoms with Gasteiger partial charge in [0.15, 0.2) is 11.5 Å². The third kappa shape index (κ3) is 4.91. The first-order valence-electron chi connectivity index (χ1n) is 8.38. The van der Waals surface area contributed by atoms with Crippen molar-refractivity contribution in [1.82, 2.24) is 4.90 Å². The molecule has 140 valence electrons. The lowest BCUT2D eigenvalue weighted by Crippen LogP contribution is -2.26. The third-order valence-corrected chi connectivity index (χ3v) is 4.44. The van der Waals surface area contributed by atoms with Crippen LogP contribution in [0.5, 0.6) is 17.2 Å². The summed E-state index contributed by atoms with van der Waals surface area (Å²) in [5.74, 6) is 1.85. The zero-order valence-electron chi connectivity index (χ0n) is 15.5. The highest BCUT2D eigenvalue weighted by atomic mass is 79.9. The second kappa shape index (κ2) is 9.48. The average Bonchev–Trinajstić information content (AvgIpc) is 2.66. The number of rotatable bonds is 8. The lowest BCUT2D eigenvalue weighted by atomic mass is 10.1. The second-order valence-electron chi connectivity index (χ2n) is 5.85. The van der Waals surface area contributed by atoms with Gasteiger partial charge in [-0.05, 0) is 52.2 Å². The van der Waals surface area contributed by atoms with Gasteiger partial charge in [-0.3, -0.25) is 4.79 Å². The molecule has 2 aromatic carbocycles. The first-order chi connectivity index (χ1) is 12.5. The first-order valence-corrected chi connectivity index (χ1v) is 9.18. The molecule has 0 bridgehead atoms. The molecule has 0 unspecified atom stereocenters. The van der Waals surface area contributed by atoms with Crippen LogP contribution in [0.2, 0.25) is 0 Å². The number of methoxy groups -OCH3 is 2. The lowest BCUT2D eigenvalue weighted by molar-refractivity contribution is 0.0784. The Bertz CT molecular complexity index is 746. The standard InChI is InChI=1S/C20H24BrNO4/c1-5-10-26-19-17(21)11-15(12-18(19)25-4)20(23)22(2)13-14-6-8-16(24-3)9-7-14/h6-9,11-12H,5,10,13H2,1-4H3. The summed E-state index contributed by atoms with van der Waals surface area (Å²) in [6.07, 6.45) is 0.890. The number of hydrogen-bond donors (Lipinski definition) is 0. The summed E-state index contributed by atoms with van der Waals surface area (Å²) < 4.78 is 17.0. The van der Waals surface area contributed by atoms with Crippen LogP contribution in [0.15, 0.2) is 40.9 Å². The summed E-state index contributed by atoms with van der Waals surface area (Å²) in [4.78, 5) is 14.5. The van der Waals surface area contributed by atoms with Crippen LogP contribution in [0.25, 0.3) is 0 Å². The number of halogens is 1. The Hall–Kier alpha value is -2.21. The Morgan fingerprint density at radius 1 is 1.12 bits per heavy atom. The minimum Gasteiger partial charge on any atom is -0.497 e. The molecule has 0 saturated carbocycles. The lowest BCUT2D eigenvalue weighted by Gasteiger charge is -2.19. The fourth-order valence-corrected chi connectivity index (χ4v) is 3.04. The summed E-state index contributed by atoms with van der Waals surface area (Å²) in [6, 6.07) is 11.1. The van der Waals surface area contributed by atoms with Crippen LogP contribution in [0, 0.1) is 0 Å². The Balaban J connectivity index is 2.17. The second-order valence-corrected chi connectivity index (χ2v) is 6.70. The minimum atomic E-state index is -0.0955. The van der Waals surface area contributed by atoms with Crippen molar-refractivity contribution in [3.8, 4) is 17.2 Å². The number of benzene rings is 2. The molecule has 6 heteroatoms. The van der Waals surface area contributed by atoms with Crippen molar-refractivity contribution in [2.24, 2.45) is 0 Å². The highest BCUT2D eigenvalue weighted by Crippen LogP contribution is 2.37. The van der Waals surface area contributed by atoms with Crippen LogP contribution in [0.3, 0.4) is 0 Å². The summed E-state index contributed by atoms with van der Waals surface area (Å²) in [7, 11) is 4.97. The maximum absolute atomic E-state index is 12.8. The molecule has 0 heterocycles. The molecule has 0 saturated heterocycles. The number of amides is 1. The van der Waals surface area contributed by atoms with Crippen LogP contribution in [-0.2, 0) is 6.54 Å². The molecule has 2 rings (SSSR count). The zero-order chi connectivity index (χ0) is 19.1. The molecule has 0 aromatic heterocycles. The molecule has 26 heavy (non-hydrogen) atoms. The van der Waals surface area contributed by atoms with Crippen molar-refractivity contribution in [3.63, 3.8) is 0 Å². The molecular weight excluding hydrogens is 398 g/mol. The van der Waals surface area contributed by atoms with E-state index in [-0.39, 0.29) is 5.91 Å². The van der Waals surface area contributed by atoms with Crippen molar-refractivity contribution < 1.29 is 19.0 Å². The smallest absolute Gasteiger partial charge is 0.254 e. The van der Waals surface area contributed by atoms with Gasteiger partial charge in [-0.1, -0.05) is 19.1 Å². The topological polar surface area (TPSA) is 48.0 Å². The number of carbonyl (C=O) groups excluding carboxylic acids is 1. The van der Waals surface area contributed by atoms with E-state index < -0.39 is 0 Å². The van der Waals surface area contributed by atoms with Gasteiger partial charge in [-0.25, -0.2) is 0 Å². The van der Waals surface area contributed by atoms with Crippen molar-refractivity contribution in [3.05, 3.63) is 52.0 Å². The number of ether oxygens (including phenoxy) is 3. The van der Waals surface area contributed by atoms with E-state index in [0.29, 0.717) is 34.7 Å². The Morgan fingerprint density at radius 2 is 1.81 bits per heavy atom. The fraction of sp³-hybridized carbons (Fsp3) is 0.350. The van der Waals surface area contributed by atoms with E-state index in [9.17, 15) is 4.79 Å². The van der Waals surface area contributed by atoms with Crippen LogP contribution >= 0.6 is 15.9 Å². The molecule has 5 nitrogen and oxygen atoms in total. The van der Waals surface area contributed by atoms with Crippen molar-refractivity contribution in [1.29, 1.82) is 0 Å². The monoisotopic (exact) mass is 421 g/mol. The number of carbonyl (C=O) groups is 1. The van der Waals surface area contributed by atoms with E-state index in [1.807, 2.05) is 31.2 Å². The normalized spacial score (nSPS) is 10.3. The van der Waals surface area contributed by atoms with Gasteiger partial charge in [0.2, 0.25) is 0 Å². The average molecular weight is 422 g/mol. The van der Waals surface area contributed by atoms with Gasteiger partial charge < -0.3 is 19.1 Å². The van der Waals surface area contributed by atoms with E-state index in [2.05, 4.69) is 15.9 Å². The highest BCUT2D eigenvalue weighted by molar-refractivity contribution is 9.10. The molecule has 0 fully saturated rings. The molecule has 0 radical (unpaired) electrons. The minimum absolute atomic E-state index is 0.0955. The quantitative estimate of drug-likeness (QED) is 0.628. The van der Waals surface area contributed by atoms with E-state index in [1.54, 1.807) is 38.3 Å². The summed E-state index contributed by atoms with van der Waals surface area (Å²) in [6.45, 7) is 3.11. The Morgan fingerprint density at radius 3 is 2.38 bits per heavy atom. The van der Waals surface area contributed by atoms with Crippen LogP contribution in [-0.4, -0.2) is 38.7 Å². The van der Waals surface area contributed by atoms with Gasteiger partial charge in [0, 0.05) is 19.2 Å². The first kappa shape index (κ1) is 20.1. The fourth-order valence-electron chi connectivity index (χ4n) is 2.48.